The van der Waals surface area contributed by atoms with E-state index in [9.17, 15) is 9.59 Å². The maximum absolute atomic E-state index is 12.7. The Labute approximate surface area is 153 Å². The Morgan fingerprint density at radius 2 is 1.58 bits per heavy atom. The van der Waals surface area contributed by atoms with Gasteiger partial charge in [-0.05, 0) is 30.0 Å². The molecule has 0 radical (unpaired) electrons. The average molecular weight is 352 g/mol. The summed E-state index contributed by atoms with van der Waals surface area (Å²) < 4.78 is 0. The molecule has 136 valence electrons. The van der Waals surface area contributed by atoms with Crippen LogP contribution in [-0.2, 0) is 6.42 Å². The SMILES string of the molecule is CC(C)Cc1ccc(C(=O)N2CCN(C(=O)c3cnccn3)CC2)cc1. The van der Waals surface area contributed by atoms with E-state index < -0.39 is 0 Å². The van der Waals surface area contributed by atoms with Gasteiger partial charge in [0.25, 0.3) is 11.8 Å². The van der Waals surface area contributed by atoms with Crippen LogP contribution in [0.3, 0.4) is 0 Å². The van der Waals surface area contributed by atoms with Crippen molar-refractivity contribution in [2.24, 2.45) is 5.92 Å². The van der Waals surface area contributed by atoms with E-state index in [1.165, 1.54) is 18.0 Å². The van der Waals surface area contributed by atoms with Gasteiger partial charge in [-0.25, -0.2) is 4.98 Å². The Hall–Kier alpha value is -2.76. The normalized spacial score (nSPS) is 14.6. The molecule has 1 aromatic carbocycles. The molecule has 1 saturated heterocycles. The predicted octanol–water partition coefficient (Wildman–Crippen LogP) is 2.27. The molecule has 0 N–H and O–H groups in total. The molecule has 6 heteroatoms. The number of piperazine rings is 1. The van der Waals surface area contributed by atoms with E-state index in [-0.39, 0.29) is 11.8 Å². The van der Waals surface area contributed by atoms with E-state index in [4.69, 9.17) is 0 Å². The van der Waals surface area contributed by atoms with E-state index in [1.807, 2.05) is 24.3 Å². The second-order valence-electron chi connectivity index (χ2n) is 6.97. The summed E-state index contributed by atoms with van der Waals surface area (Å²) in [7, 11) is 0. The summed E-state index contributed by atoms with van der Waals surface area (Å²) >= 11 is 0. The van der Waals surface area contributed by atoms with Crippen molar-refractivity contribution in [2.75, 3.05) is 26.2 Å². The van der Waals surface area contributed by atoms with Crippen molar-refractivity contribution in [1.82, 2.24) is 19.8 Å². The van der Waals surface area contributed by atoms with Gasteiger partial charge in [0.15, 0.2) is 0 Å². The zero-order valence-electron chi connectivity index (χ0n) is 15.3. The predicted molar refractivity (Wildman–Crippen MR) is 98.8 cm³/mol. The monoisotopic (exact) mass is 352 g/mol. The second kappa shape index (κ2) is 8.08. The van der Waals surface area contributed by atoms with E-state index >= 15 is 0 Å². The molecule has 0 unspecified atom stereocenters. The number of aromatic nitrogens is 2. The second-order valence-corrected chi connectivity index (χ2v) is 6.97. The lowest BCUT2D eigenvalue weighted by Gasteiger charge is -2.34. The summed E-state index contributed by atoms with van der Waals surface area (Å²) in [5.41, 5.74) is 2.29. The molecule has 2 heterocycles. The fourth-order valence-corrected chi connectivity index (χ4v) is 3.12. The molecular weight excluding hydrogens is 328 g/mol. The number of rotatable bonds is 4. The van der Waals surface area contributed by atoms with Crippen LogP contribution in [0.2, 0.25) is 0 Å². The Morgan fingerprint density at radius 1 is 0.962 bits per heavy atom. The Morgan fingerprint density at radius 3 is 2.12 bits per heavy atom. The molecule has 3 rings (SSSR count). The third-order valence-electron chi connectivity index (χ3n) is 4.48. The third kappa shape index (κ3) is 4.25. The summed E-state index contributed by atoms with van der Waals surface area (Å²) in [6.07, 6.45) is 5.53. The van der Waals surface area contributed by atoms with Crippen LogP contribution in [0.5, 0.6) is 0 Å². The van der Waals surface area contributed by atoms with E-state index in [1.54, 1.807) is 16.0 Å². The standard InChI is InChI=1S/C20H24N4O2/c1-15(2)13-16-3-5-17(6-4-16)19(25)23-9-11-24(12-10-23)20(26)18-14-21-7-8-22-18/h3-8,14-15H,9-13H2,1-2H3. The van der Waals surface area contributed by atoms with Gasteiger partial charge in [-0.2, -0.15) is 0 Å². The maximum Gasteiger partial charge on any atom is 0.274 e. The molecule has 0 saturated carbocycles. The first-order valence-electron chi connectivity index (χ1n) is 8.98. The minimum absolute atomic E-state index is 0.0210. The van der Waals surface area contributed by atoms with Crippen LogP contribution in [0.25, 0.3) is 0 Å². The van der Waals surface area contributed by atoms with Crippen molar-refractivity contribution in [2.45, 2.75) is 20.3 Å². The highest BCUT2D eigenvalue weighted by molar-refractivity contribution is 5.95. The van der Waals surface area contributed by atoms with Crippen LogP contribution >= 0.6 is 0 Å². The van der Waals surface area contributed by atoms with Gasteiger partial charge in [0.2, 0.25) is 0 Å². The summed E-state index contributed by atoms with van der Waals surface area (Å²) in [5, 5.41) is 0. The fraction of sp³-hybridized carbons (Fsp3) is 0.400. The number of hydrogen-bond acceptors (Lipinski definition) is 4. The number of benzene rings is 1. The van der Waals surface area contributed by atoms with E-state index in [0.29, 0.717) is 43.4 Å². The highest BCUT2D eigenvalue weighted by Gasteiger charge is 2.26. The van der Waals surface area contributed by atoms with Crippen molar-refractivity contribution < 1.29 is 9.59 Å². The van der Waals surface area contributed by atoms with Gasteiger partial charge in [0.05, 0.1) is 6.20 Å². The van der Waals surface area contributed by atoms with Crippen molar-refractivity contribution in [1.29, 1.82) is 0 Å². The van der Waals surface area contributed by atoms with Gasteiger partial charge >= 0.3 is 0 Å². The molecule has 1 fully saturated rings. The molecular formula is C20H24N4O2. The van der Waals surface area contributed by atoms with Gasteiger partial charge < -0.3 is 9.80 Å². The molecule has 2 aromatic rings. The summed E-state index contributed by atoms with van der Waals surface area (Å²) in [6, 6.07) is 7.86. The smallest absolute Gasteiger partial charge is 0.274 e. The van der Waals surface area contributed by atoms with Crippen molar-refractivity contribution in [3.63, 3.8) is 0 Å². The maximum atomic E-state index is 12.7. The summed E-state index contributed by atoms with van der Waals surface area (Å²) in [6.45, 7) is 6.43. The van der Waals surface area contributed by atoms with Gasteiger partial charge in [0, 0.05) is 44.1 Å². The first-order chi connectivity index (χ1) is 12.5. The lowest BCUT2D eigenvalue weighted by Crippen LogP contribution is -2.50. The first kappa shape index (κ1) is 18.0. The van der Waals surface area contributed by atoms with Crippen LogP contribution in [0.4, 0.5) is 0 Å². The summed E-state index contributed by atoms with van der Waals surface area (Å²) in [5.74, 6) is 0.479. The Balaban J connectivity index is 1.57. The van der Waals surface area contributed by atoms with Crippen LogP contribution in [0.1, 0.15) is 40.3 Å². The topological polar surface area (TPSA) is 66.4 Å². The molecule has 0 bridgehead atoms. The van der Waals surface area contributed by atoms with Gasteiger partial charge in [-0.1, -0.05) is 26.0 Å². The van der Waals surface area contributed by atoms with Crippen LogP contribution in [-0.4, -0.2) is 57.8 Å². The molecule has 1 aliphatic rings. The molecule has 0 spiro atoms. The van der Waals surface area contributed by atoms with Crippen molar-refractivity contribution in [3.05, 3.63) is 59.7 Å². The summed E-state index contributed by atoms with van der Waals surface area (Å²) in [4.78, 5) is 36.6. The molecule has 1 aliphatic heterocycles. The van der Waals surface area contributed by atoms with E-state index in [0.717, 1.165) is 6.42 Å². The van der Waals surface area contributed by atoms with Crippen molar-refractivity contribution in [3.8, 4) is 0 Å². The zero-order chi connectivity index (χ0) is 18.5. The Kier molecular flexibility index (Phi) is 5.61. The van der Waals surface area contributed by atoms with E-state index in [2.05, 4.69) is 23.8 Å². The Bertz CT molecular complexity index is 751. The molecule has 0 atom stereocenters. The van der Waals surface area contributed by atoms with Crippen LogP contribution in [0.15, 0.2) is 42.9 Å². The number of nitrogens with zero attached hydrogens (tertiary/aromatic N) is 4. The number of amides is 2. The fourth-order valence-electron chi connectivity index (χ4n) is 3.12. The highest BCUT2D eigenvalue weighted by atomic mass is 16.2. The number of hydrogen-bond donors (Lipinski definition) is 0. The van der Waals surface area contributed by atoms with Crippen LogP contribution in [0, 0.1) is 5.92 Å². The third-order valence-corrected chi connectivity index (χ3v) is 4.48. The minimum Gasteiger partial charge on any atom is -0.335 e. The largest absolute Gasteiger partial charge is 0.335 e. The highest BCUT2D eigenvalue weighted by Crippen LogP contribution is 2.14. The number of carbonyl (C=O) groups excluding carboxylic acids is 2. The van der Waals surface area contributed by atoms with Gasteiger partial charge in [-0.15, -0.1) is 0 Å². The molecule has 2 amide bonds. The molecule has 0 aliphatic carbocycles. The number of carbonyl (C=O) groups is 2. The quantitative estimate of drug-likeness (QED) is 0.847. The van der Waals surface area contributed by atoms with Gasteiger partial charge in [-0.3, -0.25) is 14.6 Å². The lowest BCUT2D eigenvalue weighted by atomic mass is 10.0. The first-order valence-corrected chi connectivity index (χ1v) is 8.98. The molecule has 6 nitrogen and oxygen atoms in total. The molecule has 1 aromatic heterocycles. The lowest BCUT2D eigenvalue weighted by molar-refractivity contribution is 0.0532. The average Bonchev–Trinajstić information content (AvgIpc) is 2.68. The molecule has 26 heavy (non-hydrogen) atoms. The minimum atomic E-state index is -0.136. The van der Waals surface area contributed by atoms with Gasteiger partial charge in [0.1, 0.15) is 5.69 Å². The van der Waals surface area contributed by atoms with Crippen molar-refractivity contribution >= 4 is 11.8 Å². The zero-order valence-corrected chi connectivity index (χ0v) is 15.3. The van der Waals surface area contributed by atoms with Crippen LogP contribution < -0.4 is 0 Å².